The van der Waals surface area contributed by atoms with E-state index in [0.29, 0.717) is 12.1 Å². The highest BCUT2D eigenvalue weighted by Gasteiger charge is 2.30. The average molecular weight is 393 g/mol. The number of carbonyl (C=O) groups is 1. The molecular weight excluding hydrogens is 376 g/mol. The molecule has 0 aliphatic heterocycles. The summed E-state index contributed by atoms with van der Waals surface area (Å²) >= 11 is 3.35. The molecule has 0 unspecified atom stereocenters. The molecule has 0 spiro atoms. The Bertz CT molecular complexity index is 727. The molecule has 0 saturated carbocycles. The van der Waals surface area contributed by atoms with Crippen molar-refractivity contribution in [3.05, 3.63) is 68.7 Å². The Hall–Kier alpha value is -2.25. The van der Waals surface area contributed by atoms with Crippen LogP contribution < -0.4 is 5.32 Å². The van der Waals surface area contributed by atoms with E-state index in [-0.39, 0.29) is 12.1 Å². The van der Waals surface area contributed by atoms with Crippen molar-refractivity contribution in [3.63, 3.8) is 0 Å². The zero-order valence-electron chi connectivity index (χ0n) is 13.0. The highest BCUT2D eigenvalue weighted by Crippen LogP contribution is 2.20. The van der Waals surface area contributed by atoms with Gasteiger partial charge in [-0.25, -0.2) is 0 Å². The number of nitro groups is 1. The van der Waals surface area contributed by atoms with Crippen molar-refractivity contribution >= 4 is 33.2 Å². The Balaban J connectivity index is 1.96. The number of nitrogens with one attached hydrogen (secondary N) is 1. The first kappa shape index (κ1) is 18.1. The van der Waals surface area contributed by atoms with Gasteiger partial charge in [0.25, 0.3) is 11.6 Å². The number of aryl methyl sites for hydroxylation is 1. The highest BCUT2D eigenvalue weighted by atomic mass is 79.9. The smallest absolute Gasteiger partial charge is 0.269 e. The molecular formula is C17H17BrN2O4. The van der Waals surface area contributed by atoms with Gasteiger partial charge in [-0.15, -0.1) is 0 Å². The number of nitro benzene ring substituents is 1. The summed E-state index contributed by atoms with van der Waals surface area (Å²) in [7, 11) is 0. The topological polar surface area (TPSA) is 92.5 Å². The second-order valence-corrected chi connectivity index (χ2v) is 6.57. The Morgan fingerprint density at radius 2 is 1.79 bits per heavy atom. The van der Waals surface area contributed by atoms with Crippen LogP contribution in [0.15, 0.2) is 53.0 Å². The first-order valence-corrected chi connectivity index (χ1v) is 8.10. The second-order valence-electron chi connectivity index (χ2n) is 5.66. The fourth-order valence-electron chi connectivity index (χ4n) is 2.08. The summed E-state index contributed by atoms with van der Waals surface area (Å²) in [6.07, 6.45) is 0.807. The highest BCUT2D eigenvalue weighted by molar-refractivity contribution is 9.10. The lowest BCUT2D eigenvalue weighted by Gasteiger charge is -2.22. The quantitative estimate of drug-likeness (QED) is 0.579. The van der Waals surface area contributed by atoms with Crippen LogP contribution in [-0.4, -0.2) is 21.5 Å². The molecule has 2 N–H and O–H groups in total. The molecule has 0 aliphatic rings. The van der Waals surface area contributed by atoms with Gasteiger partial charge < -0.3 is 10.4 Å². The van der Waals surface area contributed by atoms with Gasteiger partial charge >= 0.3 is 0 Å². The largest absolute Gasteiger partial charge is 0.380 e. The number of aliphatic hydroxyl groups is 1. The van der Waals surface area contributed by atoms with Crippen molar-refractivity contribution in [3.8, 4) is 0 Å². The number of carbonyl (C=O) groups excluding carboxylic acids is 1. The minimum atomic E-state index is -1.55. The van der Waals surface area contributed by atoms with Crippen LogP contribution in [-0.2, 0) is 11.2 Å². The maximum Gasteiger partial charge on any atom is 0.269 e. The monoisotopic (exact) mass is 392 g/mol. The van der Waals surface area contributed by atoms with E-state index in [0.717, 1.165) is 10.0 Å². The molecule has 1 atom stereocenters. The molecule has 0 heterocycles. The fraction of sp³-hybridized carbons (Fsp3) is 0.235. The summed E-state index contributed by atoms with van der Waals surface area (Å²) in [5.41, 5.74) is -0.194. The summed E-state index contributed by atoms with van der Waals surface area (Å²) < 4.78 is 0.967. The van der Waals surface area contributed by atoms with Crippen LogP contribution in [0.25, 0.3) is 0 Å². The van der Waals surface area contributed by atoms with Crippen molar-refractivity contribution in [1.29, 1.82) is 0 Å². The second kappa shape index (κ2) is 7.55. The van der Waals surface area contributed by atoms with Crippen LogP contribution in [0.5, 0.6) is 0 Å². The zero-order chi connectivity index (χ0) is 17.7. The minimum absolute atomic E-state index is 0.0602. The first-order valence-electron chi connectivity index (χ1n) is 7.31. The summed E-state index contributed by atoms with van der Waals surface area (Å²) in [5, 5.41) is 23.6. The van der Waals surface area contributed by atoms with Crippen molar-refractivity contribution in [2.75, 3.05) is 5.32 Å². The lowest BCUT2D eigenvalue weighted by Crippen LogP contribution is -2.40. The van der Waals surface area contributed by atoms with Gasteiger partial charge in [-0.05, 0) is 49.6 Å². The summed E-state index contributed by atoms with van der Waals surface area (Å²) in [6.45, 7) is 1.45. The van der Waals surface area contributed by atoms with Crippen molar-refractivity contribution in [2.24, 2.45) is 0 Å². The van der Waals surface area contributed by atoms with Crippen molar-refractivity contribution in [2.45, 2.75) is 25.4 Å². The number of non-ortho nitro benzene ring substituents is 1. The van der Waals surface area contributed by atoms with Gasteiger partial charge in [0.15, 0.2) is 0 Å². The Kier molecular flexibility index (Phi) is 5.69. The van der Waals surface area contributed by atoms with E-state index in [1.54, 1.807) is 0 Å². The maximum absolute atomic E-state index is 12.2. The Morgan fingerprint density at radius 1 is 1.21 bits per heavy atom. The number of hydrogen-bond donors (Lipinski definition) is 2. The number of nitrogens with zero attached hydrogens (tertiary/aromatic N) is 1. The molecule has 0 fully saturated rings. The molecule has 0 bridgehead atoms. The number of halogens is 1. The standard InChI is InChI=1S/C17H17BrN2O4/c1-17(22,11-10-12-2-4-13(18)5-3-12)16(21)19-14-6-8-15(9-7-14)20(23)24/h2-9,22H,10-11H2,1H3,(H,19,21)/t17-/m0/s1. The molecule has 2 rings (SSSR count). The molecule has 0 radical (unpaired) electrons. The third kappa shape index (κ3) is 4.87. The SMILES string of the molecule is C[C@](O)(CCc1ccc(Br)cc1)C(=O)Nc1ccc([N+](=O)[O-])cc1. The number of amides is 1. The van der Waals surface area contributed by atoms with Gasteiger partial charge in [0.1, 0.15) is 5.60 Å². The predicted molar refractivity (Wildman–Crippen MR) is 94.8 cm³/mol. The van der Waals surface area contributed by atoms with E-state index in [2.05, 4.69) is 21.2 Å². The Labute approximate surface area is 147 Å². The number of anilines is 1. The van der Waals surface area contributed by atoms with Crippen LogP contribution in [0.2, 0.25) is 0 Å². The van der Waals surface area contributed by atoms with Gasteiger partial charge in [-0.2, -0.15) is 0 Å². The molecule has 1 amide bonds. The average Bonchev–Trinajstić information content (AvgIpc) is 2.55. The molecule has 0 aromatic heterocycles. The summed E-state index contributed by atoms with van der Waals surface area (Å²) in [5.74, 6) is -0.548. The van der Waals surface area contributed by atoms with Crippen LogP contribution >= 0.6 is 15.9 Å². The van der Waals surface area contributed by atoms with Crippen molar-refractivity contribution < 1.29 is 14.8 Å². The maximum atomic E-state index is 12.2. The Morgan fingerprint density at radius 3 is 2.33 bits per heavy atom. The normalized spacial score (nSPS) is 13.1. The lowest BCUT2D eigenvalue weighted by atomic mass is 9.96. The molecule has 2 aromatic carbocycles. The first-order chi connectivity index (χ1) is 11.3. The van der Waals surface area contributed by atoms with Crippen LogP contribution in [0.3, 0.4) is 0 Å². The predicted octanol–water partition coefficient (Wildman–Crippen LogP) is 3.68. The van der Waals surface area contributed by atoms with Gasteiger partial charge in [0, 0.05) is 22.3 Å². The van der Waals surface area contributed by atoms with E-state index in [4.69, 9.17) is 0 Å². The third-order valence-corrected chi connectivity index (χ3v) is 4.17. The van der Waals surface area contributed by atoms with E-state index >= 15 is 0 Å². The van der Waals surface area contributed by atoms with Gasteiger partial charge in [-0.1, -0.05) is 28.1 Å². The summed E-state index contributed by atoms with van der Waals surface area (Å²) in [6, 6.07) is 13.1. The van der Waals surface area contributed by atoms with Crippen LogP contribution in [0, 0.1) is 10.1 Å². The molecule has 0 aliphatic carbocycles. The lowest BCUT2D eigenvalue weighted by molar-refractivity contribution is -0.384. The number of rotatable bonds is 6. The molecule has 6 nitrogen and oxygen atoms in total. The van der Waals surface area contributed by atoms with E-state index in [9.17, 15) is 20.0 Å². The molecule has 2 aromatic rings. The van der Waals surface area contributed by atoms with E-state index < -0.39 is 16.4 Å². The van der Waals surface area contributed by atoms with Gasteiger partial charge in [0.05, 0.1) is 4.92 Å². The minimum Gasteiger partial charge on any atom is -0.380 e. The van der Waals surface area contributed by atoms with Gasteiger partial charge in [0.2, 0.25) is 0 Å². The molecule has 0 saturated heterocycles. The molecule has 24 heavy (non-hydrogen) atoms. The van der Waals surface area contributed by atoms with Crippen LogP contribution in [0.4, 0.5) is 11.4 Å². The number of hydrogen-bond acceptors (Lipinski definition) is 4. The van der Waals surface area contributed by atoms with Crippen LogP contribution in [0.1, 0.15) is 18.9 Å². The zero-order valence-corrected chi connectivity index (χ0v) is 14.6. The third-order valence-electron chi connectivity index (χ3n) is 3.64. The fourth-order valence-corrected chi connectivity index (χ4v) is 2.35. The van der Waals surface area contributed by atoms with Crippen molar-refractivity contribution in [1.82, 2.24) is 0 Å². The van der Waals surface area contributed by atoms with Gasteiger partial charge in [-0.3, -0.25) is 14.9 Å². The van der Waals surface area contributed by atoms with E-state index in [1.165, 1.54) is 31.2 Å². The molecule has 7 heteroatoms. The van der Waals surface area contributed by atoms with E-state index in [1.807, 2.05) is 24.3 Å². The number of benzene rings is 2. The molecule has 126 valence electrons. The summed E-state index contributed by atoms with van der Waals surface area (Å²) in [4.78, 5) is 22.3.